The number of benzene rings is 2. The van der Waals surface area contributed by atoms with Gasteiger partial charge in [-0.1, -0.05) is 29.0 Å². The highest BCUT2D eigenvalue weighted by atomic mass is 35.5. The third-order valence-electron chi connectivity index (χ3n) is 4.70. The maximum Gasteiger partial charge on any atom is 0.244 e. The van der Waals surface area contributed by atoms with Gasteiger partial charge in [0.2, 0.25) is 15.9 Å². The maximum absolute atomic E-state index is 13.0. The number of nitrogens with one attached hydrogen (secondary N) is 1. The van der Waals surface area contributed by atoms with Gasteiger partial charge in [0.1, 0.15) is 6.04 Å². The molecule has 1 saturated heterocycles. The number of anilines is 1. The lowest BCUT2D eigenvalue weighted by Crippen LogP contribution is -2.43. The molecule has 4 rings (SSSR count). The fourth-order valence-electron chi connectivity index (χ4n) is 3.31. The molecule has 0 unspecified atom stereocenters. The first-order chi connectivity index (χ1) is 13.3. The minimum atomic E-state index is -3.78. The summed E-state index contributed by atoms with van der Waals surface area (Å²) in [5.41, 5.74) is 1.92. The highest BCUT2D eigenvalue weighted by Crippen LogP contribution is 2.30. The molecule has 2 heterocycles. The van der Waals surface area contributed by atoms with Crippen molar-refractivity contribution in [1.29, 1.82) is 0 Å². The van der Waals surface area contributed by atoms with Crippen molar-refractivity contribution in [3.63, 3.8) is 0 Å². The number of fused-ring (bicyclic) bond motifs is 1. The summed E-state index contributed by atoms with van der Waals surface area (Å²) in [6.07, 6.45) is 1.10. The van der Waals surface area contributed by atoms with E-state index in [4.69, 9.17) is 11.6 Å². The third kappa shape index (κ3) is 3.65. The Morgan fingerprint density at radius 3 is 2.75 bits per heavy atom. The molecule has 1 atom stereocenters. The molecule has 1 fully saturated rings. The fraction of sp³-hybridized carbons (Fsp3) is 0.263. The van der Waals surface area contributed by atoms with E-state index in [0.717, 1.165) is 15.8 Å². The van der Waals surface area contributed by atoms with Gasteiger partial charge in [0.15, 0.2) is 5.13 Å². The highest BCUT2D eigenvalue weighted by molar-refractivity contribution is 7.89. The molecular formula is C19H18ClN3O3S2. The Kier molecular flexibility index (Phi) is 5.13. The average molecular weight is 436 g/mol. The number of carbonyl (C=O) groups excluding carboxylic acids is 1. The van der Waals surface area contributed by atoms with Gasteiger partial charge in [-0.2, -0.15) is 4.31 Å². The lowest BCUT2D eigenvalue weighted by atomic mass is 10.2. The van der Waals surface area contributed by atoms with Crippen LogP contribution in [0, 0.1) is 6.92 Å². The number of carbonyl (C=O) groups is 1. The number of rotatable bonds is 4. The molecule has 2 aromatic carbocycles. The van der Waals surface area contributed by atoms with Gasteiger partial charge in [0, 0.05) is 11.6 Å². The standard InChI is InChI=1S/C19H18ClN3O3S2/c1-12-4-9-15-17(11-12)27-19(21-15)22-18(24)16-3-2-10-23(16)28(25,26)14-7-5-13(20)6-8-14/h4-9,11,16H,2-3,10H2,1H3,(H,21,22,24)/t16-/m1/s1. The predicted octanol–water partition coefficient (Wildman–Crippen LogP) is 4.05. The van der Waals surface area contributed by atoms with E-state index in [1.807, 2.05) is 25.1 Å². The van der Waals surface area contributed by atoms with Crippen LogP contribution in [0.25, 0.3) is 10.2 Å². The molecular weight excluding hydrogens is 418 g/mol. The van der Waals surface area contributed by atoms with Gasteiger partial charge in [-0.05, 0) is 61.7 Å². The lowest BCUT2D eigenvalue weighted by molar-refractivity contribution is -0.119. The van der Waals surface area contributed by atoms with Crippen LogP contribution in [0.5, 0.6) is 0 Å². The Labute approximate surface area is 172 Å². The fourth-order valence-corrected chi connectivity index (χ4v) is 6.06. The largest absolute Gasteiger partial charge is 0.301 e. The minimum absolute atomic E-state index is 0.132. The molecule has 28 heavy (non-hydrogen) atoms. The quantitative estimate of drug-likeness (QED) is 0.670. The normalized spacial score (nSPS) is 17.9. The predicted molar refractivity (Wildman–Crippen MR) is 111 cm³/mol. The summed E-state index contributed by atoms with van der Waals surface area (Å²) in [5.74, 6) is -0.356. The maximum atomic E-state index is 13.0. The SMILES string of the molecule is Cc1ccc2nc(NC(=O)[C@H]3CCCN3S(=O)(=O)c3ccc(Cl)cc3)sc2c1. The zero-order chi connectivity index (χ0) is 19.9. The van der Waals surface area contributed by atoms with Gasteiger partial charge >= 0.3 is 0 Å². The van der Waals surface area contributed by atoms with Gasteiger partial charge in [0.05, 0.1) is 15.1 Å². The van der Waals surface area contributed by atoms with Crippen molar-refractivity contribution in [3.05, 3.63) is 53.1 Å². The van der Waals surface area contributed by atoms with Crippen LogP contribution in [0.15, 0.2) is 47.4 Å². The number of thiazole rings is 1. The van der Waals surface area contributed by atoms with E-state index in [1.54, 1.807) is 0 Å². The van der Waals surface area contributed by atoms with Crippen LogP contribution in [-0.2, 0) is 14.8 Å². The number of sulfonamides is 1. The minimum Gasteiger partial charge on any atom is -0.301 e. The van der Waals surface area contributed by atoms with Gasteiger partial charge in [-0.15, -0.1) is 0 Å². The average Bonchev–Trinajstić information content (AvgIpc) is 3.28. The molecule has 9 heteroatoms. The zero-order valence-electron chi connectivity index (χ0n) is 15.1. The molecule has 1 amide bonds. The van der Waals surface area contributed by atoms with Crippen LogP contribution < -0.4 is 5.32 Å². The number of amides is 1. The summed E-state index contributed by atoms with van der Waals surface area (Å²) in [7, 11) is -3.78. The molecule has 0 spiro atoms. The van der Waals surface area contributed by atoms with Crippen molar-refractivity contribution in [2.75, 3.05) is 11.9 Å². The van der Waals surface area contributed by atoms with Crippen LogP contribution in [0.2, 0.25) is 5.02 Å². The van der Waals surface area contributed by atoms with Crippen LogP contribution in [0.4, 0.5) is 5.13 Å². The summed E-state index contributed by atoms with van der Waals surface area (Å²) < 4.78 is 28.2. The number of halogens is 1. The Bertz CT molecular complexity index is 1140. The van der Waals surface area contributed by atoms with Crippen molar-refractivity contribution in [3.8, 4) is 0 Å². The molecule has 1 N–H and O–H groups in total. The van der Waals surface area contributed by atoms with Crippen molar-refractivity contribution in [1.82, 2.24) is 9.29 Å². The topological polar surface area (TPSA) is 79.4 Å². The Morgan fingerprint density at radius 2 is 2.00 bits per heavy atom. The van der Waals surface area contributed by atoms with E-state index < -0.39 is 16.1 Å². The smallest absolute Gasteiger partial charge is 0.244 e. The van der Waals surface area contributed by atoms with Crippen molar-refractivity contribution < 1.29 is 13.2 Å². The van der Waals surface area contributed by atoms with Gasteiger partial charge < -0.3 is 5.32 Å². The number of aryl methyl sites for hydroxylation is 1. The summed E-state index contributed by atoms with van der Waals surface area (Å²) in [5, 5.41) is 3.73. The molecule has 146 valence electrons. The van der Waals surface area contributed by atoms with Crippen molar-refractivity contribution >= 4 is 54.2 Å². The first-order valence-electron chi connectivity index (χ1n) is 8.80. The molecule has 0 saturated carbocycles. The van der Waals surface area contributed by atoms with Crippen LogP contribution in [-0.4, -0.2) is 36.2 Å². The van der Waals surface area contributed by atoms with E-state index in [1.165, 1.54) is 39.9 Å². The second-order valence-corrected chi connectivity index (χ2v) is 10.1. The Morgan fingerprint density at radius 1 is 1.25 bits per heavy atom. The van der Waals surface area contributed by atoms with Gasteiger partial charge in [-0.25, -0.2) is 13.4 Å². The zero-order valence-corrected chi connectivity index (χ0v) is 17.4. The Balaban J connectivity index is 1.56. The summed E-state index contributed by atoms with van der Waals surface area (Å²) in [6.45, 7) is 2.30. The third-order valence-corrected chi connectivity index (χ3v) is 7.81. The number of nitrogens with zero attached hydrogens (tertiary/aromatic N) is 2. The monoisotopic (exact) mass is 435 g/mol. The molecule has 3 aromatic rings. The highest BCUT2D eigenvalue weighted by Gasteiger charge is 2.39. The molecule has 0 radical (unpaired) electrons. The number of hydrogen-bond acceptors (Lipinski definition) is 5. The first kappa shape index (κ1) is 19.3. The Hall–Kier alpha value is -2.00. The van der Waals surface area contributed by atoms with Crippen molar-refractivity contribution in [2.45, 2.75) is 30.7 Å². The van der Waals surface area contributed by atoms with E-state index in [0.29, 0.717) is 29.5 Å². The summed E-state index contributed by atoms with van der Waals surface area (Å²) in [6, 6.07) is 11.1. The van der Waals surface area contributed by atoms with Gasteiger partial charge in [-0.3, -0.25) is 4.79 Å². The second-order valence-electron chi connectivity index (χ2n) is 6.71. The molecule has 1 aliphatic rings. The van der Waals surface area contributed by atoms with E-state index in [2.05, 4.69) is 10.3 Å². The first-order valence-corrected chi connectivity index (χ1v) is 11.4. The molecule has 1 aliphatic heterocycles. The second kappa shape index (κ2) is 7.44. The molecule has 6 nitrogen and oxygen atoms in total. The molecule has 0 aliphatic carbocycles. The van der Waals surface area contributed by atoms with Crippen molar-refractivity contribution in [2.24, 2.45) is 0 Å². The van der Waals surface area contributed by atoms with Gasteiger partial charge in [0.25, 0.3) is 0 Å². The van der Waals surface area contributed by atoms with Crippen LogP contribution >= 0.6 is 22.9 Å². The lowest BCUT2D eigenvalue weighted by Gasteiger charge is -2.23. The number of hydrogen-bond donors (Lipinski definition) is 1. The van der Waals surface area contributed by atoms with E-state index >= 15 is 0 Å². The van der Waals surface area contributed by atoms with Crippen LogP contribution in [0.1, 0.15) is 18.4 Å². The summed E-state index contributed by atoms with van der Waals surface area (Å²) in [4.78, 5) is 17.4. The van der Waals surface area contributed by atoms with E-state index in [-0.39, 0.29) is 10.8 Å². The van der Waals surface area contributed by atoms with Crippen LogP contribution in [0.3, 0.4) is 0 Å². The molecule has 1 aromatic heterocycles. The number of aromatic nitrogens is 1. The molecule has 0 bridgehead atoms. The summed E-state index contributed by atoms with van der Waals surface area (Å²) >= 11 is 7.24. The van der Waals surface area contributed by atoms with E-state index in [9.17, 15) is 13.2 Å².